The zero-order valence-corrected chi connectivity index (χ0v) is 14.2. The number of amides is 2. The van der Waals surface area contributed by atoms with Gasteiger partial charge in [-0.2, -0.15) is 0 Å². The van der Waals surface area contributed by atoms with E-state index >= 15 is 0 Å². The summed E-state index contributed by atoms with van der Waals surface area (Å²) in [6.45, 7) is 2.18. The molecule has 10 nitrogen and oxygen atoms in total. The van der Waals surface area contributed by atoms with Gasteiger partial charge in [0.1, 0.15) is 6.54 Å². The molecule has 10 heteroatoms. The molecule has 0 aromatic heterocycles. The van der Waals surface area contributed by atoms with E-state index in [2.05, 4.69) is 10.6 Å². The number of rotatable bonds is 6. The number of anilines is 1. The summed E-state index contributed by atoms with van der Waals surface area (Å²) in [6.07, 6.45) is 0. The number of guanidine groups is 1. The molecule has 0 bridgehead atoms. The van der Waals surface area contributed by atoms with Crippen molar-refractivity contribution in [1.29, 1.82) is 5.41 Å². The molecule has 0 radical (unpaired) electrons. The van der Waals surface area contributed by atoms with Crippen molar-refractivity contribution >= 4 is 29.4 Å². The lowest BCUT2D eigenvalue weighted by atomic mass is 10.2. The number of hydrogen-bond acceptors (Lipinski definition) is 5. The van der Waals surface area contributed by atoms with Crippen molar-refractivity contribution in [2.24, 2.45) is 5.73 Å². The maximum atomic E-state index is 12.2. The second-order valence-corrected chi connectivity index (χ2v) is 5.85. The molecule has 26 heavy (non-hydrogen) atoms. The summed E-state index contributed by atoms with van der Waals surface area (Å²) in [6, 6.07) is 6.28. The average molecular weight is 362 g/mol. The highest BCUT2D eigenvalue weighted by Gasteiger charge is 2.19. The highest BCUT2D eigenvalue weighted by Crippen LogP contribution is 2.11. The monoisotopic (exact) mass is 362 g/mol. The third-order valence-electron chi connectivity index (χ3n) is 3.89. The molecule has 1 heterocycles. The van der Waals surface area contributed by atoms with Crippen molar-refractivity contribution in [1.82, 2.24) is 15.1 Å². The van der Waals surface area contributed by atoms with Crippen LogP contribution >= 0.6 is 0 Å². The fraction of sp³-hybridized carbons (Fsp3) is 0.375. The normalized spacial score (nSPS) is 14.5. The topological polar surface area (TPSA) is 152 Å². The van der Waals surface area contributed by atoms with E-state index in [9.17, 15) is 14.4 Å². The SMILES string of the molecule is N=C(N)N1CCN(CC(=O)Nc2cccc(C(=O)NCC(=O)O)c2)CC1. The molecule has 1 fully saturated rings. The first-order valence-electron chi connectivity index (χ1n) is 8.06. The van der Waals surface area contributed by atoms with Gasteiger partial charge in [0.2, 0.25) is 5.91 Å². The van der Waals surface area contributed by atoms with Gasteiger partial charge >= 0.3 is 5.97 Å². The smallest absolute Gasteiger partial charge is 0.322 e. The molecule has 6 N–H and O–H groups in total. The van der Waals surface area contributed by atoms with Gasteiger partial charge in [0.05, 0.1) is 6.54 Å². The summed E-state index contributed by atoms with van der Waals surface area (Å²) in [4.78, 5) is 38.2. The Balaban J connectivity index is 1.85. The second-order valence-electron chi connectivity index (χ2n) is 5.85. The number of carbonyl (C=O) groups is 3. The minimum Gasteiger partial charge on any atom is -0.480 e. The highest BCUT2D eigenvalue weighted by molar-refractivity contribution is 5.98. The van der Waals surface area contributed by atoms with Crippen molar-refractivity contribution < 1.29 is 19.5 Å². The first kappa shape index (κ1) is 19.2. The lowest BCUT2D eigenvalue weighted by Gasteiger charge is -2.34. The minimum absolute atomic E-state index is 0.0343. The van der Waals surface area contributed by atoms with Gasteiger partial charge in [-0.1, -0.05) is 6.07 Å². The zero-order valence-electron chi connectivity index (χ0n) is 14.2. The van der Waals surface area contributed by atoms with Crippen LogP contribution in [0, 0.1) is 5.41 Å². The molecular weight excluding hydrogens is 340 g/mol. The molecule has 1 aromatic rings. The molecule has 0 spiro atoms. The lowest BCUT2D eigenvalue weighted by molar-refractivity contribution is -0.135. The van der Waals surface area contributed by atoms with E-state index < -0.39 is 18.4 Å². The summed E-state index contributed by atoms with van der Waals surface area (Å²) in [5, 5.41) is 21.0. The Morgan fingerprint density at radius 1 is 1.19 bits per heavy atom. The number of piperazine rings is 1. The van der Waals surface area contributed by atoms with E-state index in [1.807, 2.05) is 4.90 Å². The number of aliphatic carboxylic acids is 1. The van der Waals surface area contributed by atoms with Crippen LogP contribution < -0.4 is 16.4 Å². The summed E-state index contributed by atoms with van der Waals surface area (Å²) in [5.74, 6) is -1.84. The quantitative estimate of drug-likeness (QED) is 0.320. The number of nitrogens with zero attached hydrogens (tertiary/aromatic N) is 2. The number of nitrogens with two attached hydrogens (primary N) is 1. The molecule has 1 aliphatic rings. The highest BCUT2D eigenvalue weighted by atomic mass is 16.4. The van der Waals surface area contributed by atoms with Gasteiger partial charge in [0.15, 0.2) is 5.96 Å². The Labute approximate surface area is 150 Å². The average Bonchev–Trinajstić information content (AvgIpc) is 2.60. The van der Waals surface area contributed by atoms with Crippen molar-refractivity contribution in [2.75, 3.05) is 44.6 Å². The predicted octanol–water partition coefficient (Wildman–Crippen LogP) is -1.05. The Kier molecular flexibility index (Phi) is 6.50. The van der Waals surface area contributed by atoms with Crippen LogP contribution in [0.5, 0.6) is 0 Å². The van der Waals surface area contributed by atoms with Gasteiger partial charge in [-0.05, 0) is 18.2 Å². The number of nitrogens with one attached hydrogen (secondary N) is 3. The molecule has 2 amide bonds. The maximum absolute atomic E-state index is 12.2. The van der Waals surface area contributed by atoms with Crippen molar-refractivity contribution in [3.63, 3.8) is 0 Å². The molecular formula is C16H22N6O4. The summed E-state index contributed by atoms with van der Waals surface area (Å²) in [7, 11) is 0. The fourth-order valence-corrected chi connectivity index (χ4v) is 2.55. The first-order valence-corrected chi connectivity index (χ1v) is 8.06. The van der Waals surface area contributed by atoms with E-state index in [-0.39, 0.29) is 24.0 Å². The van der Waals surface area contributed by atoms with Crippen molar-refractivity contribution in [3.05, 3.63) is 29.8 Å². The number of carboxylic acid groups (broad SMARTS) is 1. The van der Waals surface area contributed by atoms with Gasteiger partial charge in [-0.3, -0.25) is 24.7 Å². The number of carbonyl (C=O) groups excluding carboxylic acids is 2. The second kappa shape index (κ2) is 8.81. The first-order chi connectivity index (χ1) is 12.3. The predicted molar refractivity (Wildman–Crippen MR) is 95.0 cm³/mol. The molecule has 140 valence electrons. The van der Waals surface area contributed by atoms with Crippen LogP contribution in [0.2, 0.25) is 0 Å². The molecule has 0 aliphatic carbocycles. The van der Waals surface area contributed by atoms with Crippen LogP contribution in [0.1, 0.15) is 10.4 Å². The minimum atomic E-state index is -1.13. The van der Waals surface area contributed by atoms with E-state index in [0.29, 0.717) is 31.9 Å². The summed E-state index contributed by atoms with van der Waals surface area (Å²) in [5.41, 5.74) is 6.16. The maximum Gasteiger partial charge on any atom is 0.322 e. The van der Waals surface area contributed by atoms with Gasteiger partial charge in [-0.25, -0.2) is 0 Å². The van der Waals surface area contributed by atoms with E-state index in [4.69, 9.17) is 16.2 Å². The van der Waals surface area contributed by atoms with Crippen LogP contribution in [0.25, 0.3) is 0 Å². The molecule has 0 saturated carbocycles. The zero-order chi connectivity index (χ0) is 19.1. The van der Waals surface area contributed by atoms with Gasteiger partial charge in [0.25, 0.3) is 5.91 Å². The van der Waals surface area contributed by atoms with Crippen LogP contribution in [-0.4, -0.2) is 77.9 Å². The Hall–Kier alpha value is -3.14. The van der Waals surface area contributed by atoms with Crippen LogP contribution in [-0.2, 0) is 9.59 Å². The third kappa shape index (κ3) is 5.74. The Morgan fingerprint density at radius 2 is 1.88 bits per heavy atom. The molecule has 1 saturated heterocycles. The van der Waals surface area contributed by atoms with Gasteiger partial charge in [0, 0.05) is 37.4 Å². The Bertz CT molecular complexity index is 700. The fourth-order valence-electron chi connectivity index (χ4n) is 2.55. The molecule has 1 aromatic carbocycles. The van der Waals surface area contributed by atoms with Crippen LogP contribution in [0.4, 0.5) is 5.69 Å². The summed E-state index contributed by atoms with van der Waals surface area (Å²) < 4.78 is 0. The number of benzene rings is 1. The third-order valence-corrected chi connectivity index (χ3v) is 3.89. The van der Waals surface area contributed by atoms with Crippen LogP contribution in [0.15, 0.2) is 24.3 Å². The van der Waals surface area contributed by atoms with E-state index in [0.717, 1.165) is 0 Å². The molecule has 2 rings (SSSR count). The molecule has 0 unspecified atom stereocenters. The number of carboxylic acids is 1. The largest absolute Gasteiger partial charge is 0.480 e. The summed E-state index contributed by atoms with van der Waals surface area (Å²) >= 11 is 0. The standard InChI is InChI=1S/C16H22N6O4/c17-16(18)22-6-4-21(5-7-22)10-13(23)20-12-3-1-2-11(8-12)15(26)19-9-14(24)25/h1-3,8H,4-7,9-10H2,(H3,17,18)(H,19,26)(H,20,23)(H,24,25). The Morgan fingerprint density at radius 3 is 2.50 bits per heavy atom. The number of hydrogen-bond donors (Lipinski definition) is 5. The molecule has 0 atom stereocenters. The molecule has 1 aliphatic heterocycles. The van der Waals surface area contributed by atoms with E-state index in [1.165, 1.54) is 12.1 Å². The van der Waals surface area contributed by atoms with Crippen molar-refractivity contribution in [3.8, 4) is 0 Å². The lowest BCUT2D eigenvalue weighted by Crippen LogP contribution is -2.52. The van der Waals surface area contributed by atoms with Gasteiger partial charge < -0.3 is 26.4 Å². The van der Waals surface area contributed by atoms with Crippen molar-refractivity contribution in [2.45, 2.75) is 0 Å². The van der Waals surface area contributed by atoms with Crippen LogP contribution in [0.3, 0.4) is 0 Å². The van der Waals surface area contributed by atoms with E-state index in [1.54, 1.807) is 17.0 Å². The van der Waals surface area contributed by atoms with Gasteiger partial charge in [-0.15, -0.1) is 0 Å².